The highest BCUT2D eigenvalue weighted by Gasteiger charge is 2.30. The van der Waals surface area contributed by atoms with Crippen LogP contribution in [0.1, 0.15) is 24.7 Å². The van der Waals surface area contributed by atoms with E-state index in [0.29, 0.717) is 26.1 Å². The molecule has 2 aliphatic rings. The molecule has 2 aromatic heterocycles. The SMILES string of the molecule is CC(=O)N1CCc2nc(N3CCC(COc4cc(F)ccc4F)C3)c(-c3cnn(C)c3)nc2C1. The maximum Gasteiger partial charge on any atom is 0.219 e. The van der Waals surface area contributed by atoms with Crippen LogP contribution in [0.5, 0.6) is 5.75 Å². The summed E-state index contributed by atoms with van der Waals surface area (Å²) >= 11 is 0. The minimum atomic E-state index is -0.574. The van der Waals surface area contributed by atoms with E-state index in [0.717, 1.165) is 59.6 Å². The molecule has 1 saturated heterocycles. The maximum absolute atomic E-state index is 13.9. The first-order chi connectivity index (χ1) is 16.4. The Morgan fingerprint density at radius 2 is 2.06 bits per heavy atom. The highest BCUT2D eigenvalue weighted by atomic mass is 19.1. The molecule has 1 aromatic carbocycles. The summed E-state index contributed by atoms with van der Waals surface area (Å²) in [4.78, 5) is 25.8. The van der Waals surface area contributed by atoms with Crippen LogP contribution in [0.15, 0.2) is 30.6 Å². The van der Waals surface area contributed by atoms with Crippen molar-refractivity contribution in [1.82, 2.24) is 24.6 Å². The van der Waals surface area contributed by atoms with Crippen molar-refractivity contribution in [3.63, 3.8) is 0 Å². The number of hydrogen-bond donors (Lipinski definition) is 0. The van der Waals surface area contributed by atoms with E-state index >= 15 is 0 Å². The minimum Gasteiger partial charge on any atom is -0.490 e. The first-order valence-electron chi connectivity index (χ1n) is 11.3. The van der Waals surface area contributed by atoms with Crippen molar-refractivity contribution >= 4 is 11.7 Å². The van der Waals surface area contributed by atoms with Crippen LogP contribution in [-0.2, 0) is 24.8 Å². The van der Waals surface area contributed by atoms with Gasteiger partial charge in [0.2, 0.25) is 5.91 Å². The Hall–Kier alpha value is -3.56. The van der Waals surface area contributed by atoms with E-state index in [1.54, 1.807) is 22.7 Å². The van der Waals surface area contributed by atoms with Gasteiger partial charge < -0.3 is 14.5 Å². The van der Waals surface area contributed by atoms with Crippen LogP contribution in [0.25, 0.3) is 11.3 Å². The van der Waals surface area contributed by atoms with Gasteiger partial charge in [-0.05, 0) is 18.6 Å². The molecule has 0 radical (unpaired) electrons. The van der Waals surface area contributed by atoms with Gasteiger partial charge in [0.05, 0.1) is 30.7 Å². The molecule has 34 heavy (non-hydrogen) atoms. The highest BCUT2D eigenvalue weighted by molar-refractivity contribution is 5.74. The Morgan fingerprint density at radius 1 is 1.21 bits per heavy atom. The van der Waals surface area contributed by atoms with E-state index in [1.807, 2.05) is 13.2 Å². The lowest BCUT2D eigenvalue weighted by Crippen LogP contribution is -2.36. The molecule has 0 bridgehead atoms. The molecule has 1 fully saturated rings. The van der Waals surface area contributed by atoms with Gasteiger partial charge in [-0.3, -0.25) is 9.48 Å². The molecular weight excluding hydrogens is 442 g/mol. The third-order valence-corrected chi connectivity index (χ3v) is 6.37. The fraction of sp³-hybridized carbons (Fsp3) is 0.417. The van der Waals surface area contributed by atoms with E-state index in [-0.39, 0.29) is 24.2 Å². The lowest BCUT2D eigenvalue weighted by molar-refractivity contribution is -0.129. The van der Waals surface area contributed by atoms with Gasteiger partial charge in [0.25, 0.3) is 0 Å². The van der Waals surface area contributed by atoms with Crippen molar-refractivity contribution in [1.29, 1.82) is 0 Å². The quantitative estimate of drug-likeness (QED) is 0.573. The van der Waals surface area contributed by atoms with Crippen LogP contribution in [-0.4, -0.2) is 56.8 Å². The number of halogens is 2. The number of rotatable bonds is 5. The van der Waals surface area contributed by atoms with Gasteiger partial charge in [-0.1, -0.05) is 0 Å². The minimum absolute atomic E-state index is 0.0246. The molecule has 5 rings (SSSR count). The number of aryl methyl sites for hydroxylation is 1. The molecule has 8 nitrogen and oxygen atoms in total. The van der Waals surface area contributed by atoms with Crippen molar-refractivity contribution < 1.29 is 18.3 Å². The lowest BCUT2D eigenvalue weighted by Gasteiger charge is -2.29. The van der Waals surface area contributed by atoms with Gasteiger partial charge in [-0.25, -0.2) is 18.7 Å². The average molecular weight is 469 g/mol. The summed E-state index contributed by atoms with van der Waals surface area (Å²) in [5, 5.41) is 4.29. The van der Waals surface area contributed by atoms with Gasteiger partial charge in [0, 0.05) is 63.8 Å². The molecule has 0 N–H and O–H groups in total. The first kappa shape index (κ1) is 22.2. The van der Waals surface area contributed by atoms with E-state index in [9.17, 15) is 13.6 Å². The van der Waals surface area contributed by atoms with Crippen LogP contribution in [0, 0.1) is 17.6 Å². The predicted molar refractivity (Wildman–Crippen MR) is 121 cm³/mol. The second-order valence-electron chi connectivity index (χ2n) is 8.87. The first-order valence-corrected chi connectivity index (χ1v) is 11.3. The highest BCUT2D eigenvalue weighted by Crippen LogP contribution is 2.33. The number of aromatic nitrogens is 4. The molecule has 1 amide bonds. The largest absolute Gasteiger partial charge is 0.490 e. The fourth-order valence-electron chi connectivity index (χ4n) is 4.51. The fourth-order valence-corrected chi connectivity index (χ4v) is 4.51. The topological polar surface area (TPSA) is 76.4 Å². The van der Waals surface area contributed by atoms with Crippen molar-refractivity contribution in [2.75, 3.05) is 31.1 Å². The Balaban J connectivity index is 1.38. The number of carbonyl (C=O) groups is 1. The Morgan fingerprint density at radius 3 is 2.82 bits per heavy atom. The Bertz CT molecular complexity index is 1230. The lowest BCUT2D eigenvalue weighted by atomic mass is 10.1. The van der Waals surface area contributed by atoms with Crippen LogP contribution in [0.4, 0.5) is 14.6 Å². The average Bonchev–Trinajstić information content (AvgIpc) is 3.47. The number of fused-ring (bicyclic) bond motifs is 1. The summed E-state index contributed by atoms with van der Waals surface area (Å²) < 4.78 is 34.7. The molecule has 3 aromatic rings. The summed E-state index contributed by atoms with van der Waals surface area (Å²) in [6.07, 6.45) is 5.14. The molecule has 0 saturated carbocycles. The van der Waals surface area contributed by atoms with Gasteiger partial charge in [0.15, 0.2) is 17.4 Å². The van der Waals surface area contributed by atoms with Crippen LogP contribution < -0.4 is 9.64 Å². The maximum atomic E-state index is 13.9. The summed E-state index contributed by atoms with van der Waals surface area (Å²) in [6.45, 7) is 4.33. The number of nitrogens with zero attached hydrogens (tertiary/aromatic N) is 6. The van der Waals surface area contributed by atoms with Gasteiger partial charge in [-0.15, -0.1) is 0 Å². The van der Waals surface area contributed by atoms with Crippen molar-refractivity contribution in [3.05, 3.63) is 53.6 Å². The van der Waals surface area contributed by atoms with Crippen molar-refractivity contribution in [3.8, 4) is 17.0 Å². The van der Waals surface area contributed by atoms with E-state index < -0.39 is 11.6 Å². The van der Waals surface area contributed by atoms with E-state index in [1.165, 1.54) is 0 Å². The molecule has 0 aliphatic carbocycles. The zero-order valence-corrected chi connectivity index (χ0v) is 19.2. The van der Waals surface area contributed by atoms with Crippen LogP contribution in [0.2, 0.25) is 0 Å². The van der Waals surface area contributed by atoms with Gasteiger partial charge in [0.1, 0.15) is 11.5 Å². The number of amides is 1. The third kappa shape index (κ3) is 4.44. The second kappa shape index (κ2) is 9.00. The zero-order chi connectivity index (χ0) is 23.8. The molecule has 10 heteroatoms. The van der Waals surface area contributed by atoms with Crippen molar-refractivity contribution in [2.24, 2.45) is 13.0 Å². The number of hydrogen-bond acceptors (Lipinski definition) is 6. The summed E-state index contributed by atoms with van der Waals surface area (Å²) in [7, 11) is 1.85. The number of anilines is 1. The Kier molecular flexibility index (Phi) is 5.89. The monoisotopic (exact) mass is 468 g/mol. The van der Waals surface area contributed by atoms with E-state index in [4.69, 9.17) is 14.7 Å². The summed E-state index contributed by atoms with van der Waals surface area (Å²) in [5.74, 6) is -0.235. The Labute approximate surface area is 196 Å². The zero-order valence-electron chi connectivity index (χ0n) is 19.2. The number of ether oxygens (including phenoxy) is 1. The molecule has 178 valence electrons. The molecule has 1 atom stereocenters. The molecule has 2 aliphatic heterocycles. The summed E-state index contributed by atoms with van der Waals surface area (Å²) in [6, 6.07) is 3.22. The molecule has 4 heterocycles. The third-order valence-electron chi connectivity index (χ3n) is 6.37. The number of benzene rings is 1. The smallest absolute Gasteiger partial charge is 0.219 e. The normalized spacial score (nSPS) is 17.7. The van der Waals surface area contributed by atoms with Crippen LogP contribution in [0.3, 0.4) is 0 Å². The number of carbonyl (C=O) groups excluding carboxylic acids is 1. The van der Waals surface area contributed by atoms with Gasteiger partial charge >= 0.3 is 0 Å². The summed E-state index contributed by atoms with van der Waals surface area (Å²) in [5.41, 5.74) is 3.30. The molecule has 0 spiro atoms. The second-order valence-corrected chi connectivity index (χ2v) is 8.87. The van der Waals surface area contributed by atoms with Crippen molar-refractivity contribution in [2.45, 2.75) is 26.3 Å². The molecule has 1 unspecified atom stereocenters. The predicted octanol–water partition coefficient (Wildman–Crippen LogP) is 2.97. The van der Waals surface area contributed by atoms with Crippen LogP contribution >= 0.6 is 0 Å². The standard InChI is InChI=1S/C24H26F2N6O2/c1-15(33)31-8-6-20-21(13-31)28-23(17-10-27-30(2)12-17)24(29-20)32-7-5-16(11-32)14-34-22-9-18(25)3-4-19(22)26/h3-4,9-10,12,16H,5-8,11,13-14H2,1-2H3. The molecular formula is C24H26F2N6O2. The van der Waals surface area contributed by atoms with Gasteiger partial charge in [-0.2, -0.15) is 5.10 Å². The van der Waals surface area contributed by atoms with E-state index in [2.05, 4.69) is 10.00 Å².